The molecule has 0 N–H and O–H groups in total. The van der Waals surface area contributed by atoms with Crippen molar-refractivity contribution in [3.8, 4) is 5.75 Å². The monoisotopic (exact) mass is 259 g/mol. The summed E-state index contributed by atoms with van der Waals surface area (Å²) in [6, 6.07) is 5.21. The molecule has 0 saturated heterocycles. The maximum absolute atomic E-state index is 11.6. The number of methoxy groups -OCH3 is 1. The van der Waals surface area contributed by atoms with Gasteiger partial charge < -0.3 is 9.64 Å². The zero-order chi connectivity index (χ0) is 12.1. The van der Waals surface area contributed by atoms with Crippen LogP contribution in [0.4, 0.5) is 5.69 Å². The second kappa shape index (κ2) is 6.01. The lowest BCUT2D eigenvalue weighted by Crippen LogP contribution is -2.26. The molecule has 0 aromatic heterocycles. The average molecular weight is 260 g/mol. The molecule has 88 valence electrons. The van der Waals surface area contributed by atoms with Crippen LogP contribution in [-0.2, 0) is 4.79 Å². The normalized spacial score (nSPS) is 10.0. The van der Waals surface area contributed by atoms with Gasteiger partial charge in [-0.1, -0.05) is 11.6 Å². The number of thiol groups is 1. The summed E-state index contributed by atoms with van der Waals surface area (Å²) in [5.74, 6) is 1.18. The lowest BCUT2D eigenvalue weighted by Gasteiger charge is -2.18. The summed E-state index contributed by atoms with van der Waals surface area (Å²) >= 11 is 10.1. The number of amides is 1. The summed E-state index contributed by atoms with van der Waals surface area (Å²) in [6.07, 6.45) is 0.391. The summed E-state index contributed by atoms with van der Waals surface area (Å²) in [7, 11) is 3.26. The number of hydrogen-bond donors (Lipinski definition) is 1. The minimum atomic E-state index is -0.0120. The molecule has 5 heteroatoms. The van der Waals surface area contributed by atoms with Gasteiger partial charge >= 0.3 is 0 Å². The highest BCUT2D eigenvalue weighted by atomic mass is 35.5. The third kappa shape index (κ3) is 3.06. The molecule has 0 spiro atoms. The molecule has 1 amide bonds. The Hall–Kier alpha value is -0.870. The summed E-state index contributed by atoms with van der Waals surface area (Å²) in [6.45, 7) is 0. The molecule has 3 nitrogen and oxygen atoms in total. The first kappa shape index (κ1) is 13.2. The summed E-state index contributed by atoms with van der Waals surface area (Å²) < 4.78 is 5.04. The van der Waals surface area contributed by atoms with Gasteiger partial charge in [0.15, 0.2) is 0 Å². The Kier molecular flexibility index (Phi) is 4.96. The topological polar surface area (TPSA) is 29.5 Å². The van der Waals surface area contributed by atoms with Crippen molar-refractivity contribution >= 4 is 35.8 Å². The van der Waals surface area contributed by atoms with Crippen LogP contribution < -0.4 is 9.64 Å². The molecule has 1 rings (SSSR count). The van der Waals surface area contributed by atoms with E-state index in [0.717, 1.165) is 0 Å². The van der Waals surface area contributed by atoms with Crippen molar-refractivity contribution in [2.45, 2.75) is 6.42 Å². The Balaban J connectivity index is 2.91. The van der Waals surface area contributed by atoms with E-state index in [4.69, 9.17) is 16.3 Å². The fourth-order valence-corrected chi connectivity index (χ4v) is 1.77. The fourth-order valence-electron chi connectivity index (χ4n) is 1.28. The van der Waals surface area contributed by atoms with Crippen LogP contribution in [-0.4, -0.2) is 25.8 Å². The smallest absolute Gasteiger partial charge is 0.227 e. The first-order valence-electron chi connectivity index (χ1n) is 4.81. The highest BCUT2D eigenvalue weighted by Crippen LogP contribution is 2.29. The van der Waals surface area contributed by atoms with Crippen LogP contribution >= 0.6 is 24.2 Å². The maximum Gasteiger partial charge on any atom is 0.227 e. The quantitative estimate of drug-likeness (QED) is 0.843. The lowest BCUT2D eigenvalue weighted by atomic mass is 10.2. The Morgan fingerprint density at radius 2 is 2.25 bits per heavy atom. The third-order valence-corrected chi connectivity index (χ3v) is 2.74. The lowest BCUT2D eigenvalue weighted by molar-refractivity contribution is -0.117. The zero-order valence-electron chi connectivity index (χ0n) is 9.24. The van der Waals surface area contributed by atoms with Crippen LogP contribution in [0.2, 0.25) is 5.02 Å². The molecule has 16 heavy (non-hydrogen) atoms. The summed E-state index contributed by atoms with van der Waals surface area (Å²) in [5.41, 5.74) is 0.675. The first-order chi connectivity index (χ1) is 7.60. The maximum atomic E-state index is 11.6. The first-order valence-corrected chi connectivity index (χ1v) is 5.82. The molecule has 1 aromatic carbocycles. The van der Waals surface area contributed by atoms with Gasteiger partial charge in [0.25, 0.3) is 0 Å². The van der Waals surface area contributed by atoms with Crippen LogP contribution in [0.1, 0.15) is 6.42 Å². The van der Waals surface area contributed by atoms with Crippen LogP contribution in [0.15, 0.2) is 18.2 Å². The van der Waals surface area contributed by atoms with Gasteiger partial charge in [-0.15, -0.1) is 0 Å². The molecule has 1 aromatic rings. The Bertz CT molecular complexity index is 384. The SMILES string of the molecule is COc1ccc(N(C)C(=O)CCS)c(Cl)c1. The van der Waals surface area contributed by atoms with Crippen LogP contribution in [0, 0.1) is 0 Å². The number of hydrogen-bond acceptors (Lipinski definition) is 3. The molecular weight excluding hydrogens is 246 g/mol. The minimum Gasteiger partial charge on any atom is -0.497 e. The van der Waals surface area contributed by atoms with Gasteiger partial charge in [0, 0.05) is 19.5 Å². The van der Waals surface area contributed by atoms with E-state index in [1.807, 2.05) is 0 Å². The second-order valence-corrected chi connectivity index (χ2v) is 4.10. The van der Waals surface area contributed by atoms with E-state index in [2.05, 4.69) is 12.6 Å². The highest BCUT2D eigenvalue weighted by molar-refractivity contribution is 7.80. The van der Waals surface area contributed by atoms with Crippen molar-refractivity contribution in [2.24, 2.45) is 0 Å². The molecule has 0 unspecified atom stereocenters. The molecule has 0 radical (unpaired) electrons. The molecule has 0 aliphatic rings. The van der Waals surface area contributed by atoms with E-state index in [1.165, 1.54) is 4.90 Å². The summed E-state index contributed by atoms with van der Waals surface area (Å²) in [5, 5.41) is 0.495. The van der Waals surface area contributed by atoms with Gasteiger partial charge in [-0.3, -0.25) is 4.79 Å². The van der Waals surface area contributed by atoms with Gasteiger partial charge in [-0.2, -0.15) is 12.6 Å². The second-order valence-electron chi connectivity index (χ2n) is 3.24. The van der Waals surface area contributed by atoms with Gasteiger partial charge in [-0.25, -0.2) is 0 Å². The number of carbonyl (C=O) groups excluding carboxylic acids is 1. The molecule has 0 atom stereocenters. The Labute approximate surface area is 106 Å². The number of halogens is 1. The van der Waals surface area contributed by atoms with Gasteiger partial charge in [-0.05, 0) is 17.9 Å². The predicted molar refractivity (Wildman–Crippen MR) is 69.9 cm³/mol. The predicted octanol–water partition coefficient (Wildman–Crippen LogP) is 2.63. The molecule has 0 bridgehead atoms. The van der Waals surface area contributed by atoms with E-state index >= 15 is 0 Å². The van der Waals surface area contributed by atoms with Gasteiger partial charge in [0.05, 0.1) is 17.8 Å². The summed E-state index contributed by atoms with van der Waals surface area (Å²) in [4.78, 5) is 13.2. The van der Waals surface area contributed by atoms with Crippen molar-refractivity contribution in [1.29, 1.82) is 0 Å². The van der Waals surface area contributed by atoms with E-state index in [1.54, 1.807) is 32.4 Å². The van der Waals surface area contributed by atoms with Crippen LogP contribution in [0.5, 0.6) is 5.75 Å². The van der Waals surface area contributed by atoms with Crippen LogP contribution in [0.25, 0.3) is 0 Å². The molecule has 0 fully saturated rings. The average Bonchev–Trinajstić information content (AvgIpc) is 2.28. The molecular formula is C11H14ClNO2S. The standard InChI is InChI=1S/C11H14ClNO2S/c1-13(11(14)5-6-16)10-4-3-8(15-2)7-9(10)12/h3-4,7,16H,5-6H2,1-2H3. The van der Waals surface area contributed by atoms with E-state index in [0.29, 0.717) is 28.6 Å². The third-order valence-electron chi connectivity index (χ3n) is 2.22. The Morgan fingerprint density at radius 1 is 1.56 bits per heavy atom. The van der Waals surface area contributed by atoms with Crippen molar-refractivity contribution in [1.82, 2.24) is 0 Å². The number of ether oxygens (including phenoxy) is 1. The van der Waals surface area contributed by atoms with Crippen molar-refractivity contribution in [3.63, 3.8) is 0 Å². The number of anilines is 1. The van der Waals surface area contributed by atoms with Crippen molar-refractivity contribution in [3.05, 3.63) is 23.2 Å². The number of benzene rings is 1. The number of carbonyl (C=O) groups is 1. The van der Waals surface area contributed by atoms with Gasteiger partial charge in [0.2, 0.25) is 5.91 Å². The fraction of sp³-hybridized carbons (Fsp3) is 0.364. The van der Waals surface area contributed by atoms with Crippen LogP contribution in [0.3, 0.4) is 0 Å². The highest BCUT2D eigenvalue weighted by Gasteiger charge is 2.13. The molecule has 0 aliphatic heterocycles. The minimum absolute atomic E-state index is 0.0120. The van der Waals surface area contributed by atoms with Gasteiger partial charge in [0.1, 0.15) is 5.75 Å². The number of rotatable bonds is 4. The number of nitrogens with zero attached hydrogens (tertiary/aromatic N) is 1. The molecule has 0 saturated carbocycles. The van der Waals surface area contributed by atoms with Crippen molar-refractivity contribution in [2.75, 3.05) is 24.8 Å². The zero-order valence-corrected chi connectivity index (χ0v) is 10.9. The largest absolute Gasteiger partial charge is 0.497 e. The van der Waals surface area contributed by atoms with E-state index in [-0.39, 0.29) is 5.91 Å². The Morgan fingerprint density at radius 3 is 2.75 bits per heavy atom. The van der Waals surface area contributed by atoms with E-state index < -0.39 is 0 Å². The molecule has 0 heterocycles. The van der Waals surface area contributed by atoms with E-state index in [9.17, 15) is 4.79 Å². The van der Waals surface area contributed by atoms with Crippen molar-refractivity contribution < 1.29 is 9.53 Å². The molecule has 0 aliphatic carbocycles.